The zero-order valence-corrected chi connectivity index (χ0v) is 17.5. The van der Waals surface area contributed by atoms with Crippen molar-refractivity contribution in [2.75, 3.05) is 6.61 Å². The van der Waals surface area contributed by atoms with Crippen LogP contribution in [0.25, 0.3) is 0 Å². The molecular formula is C23H30O6. The molecule has 158 valence electrons. The fourth-order valence-electron chi connectivity index (χ4n) is 2.92. The number of hydrogen-bond donors (Lipinski definition) is 2. The van der Waals surface area contributed by atoms with Crippen LogP contribution in [0.3, 0.4) is 0 Å². The molecule has 2 N–H and O–H groups in total. The number of fused-ring (bicyclic) bond motifs is 1. The Balaban J connectivity index is 1.83. The van der Waals surface area contributed by atoms with Crippen LogP contribution in [0.5, 0.6) is 17.2 Å². The van der Waals surface area contributed by atoms with Crippen LogP contribution in [-0.4, -0.2) is 28.6 Å². The standard InChI is InChI=1S/C23H30O6/c1-14(2)19(24)9-8-15(3)6-5-7-16(4)10-11-28-22-20(25)12-17-18(21(22)26)13-29-23(17)27/h5-7,12,14-15,25-26H,8-11,13H2,1-4H3/b6-5+,16-7+/t15-/m1/s1. The van der Waals surface area contributed by atoms with Gasteiger partial charge in [0.15, 0.2) is 11.5 Å². The van der Waals surface area contributed by atoms with Gasteiger partial charge in [0.1, 0.15) is 12.4 Å². The van der Waals surface area contributed by atoms with Gasteiger partial charge in [-0.2, -0.15) is 0 Å². The first-order valence-corrected chi connectivity index (χ1v) is 9.95. The molecule has 0 fully saturated rings. The normalized spacial score (nSPS) is 14.9. The maximum Gasteiger partial charge on any atom is 0.339 e. The van der Waals surface area contributed by atoms with E-state index in [4.69, 9.17) is 9.47 Å². The van der Waals surface area contributed by atoms with Crippen molar-refractivity contribution in [3.63, 3.8) is 0 Å². The molecule has 0 saturated heterocycles. The second kappa shape index (κ2) is 10.1. The molecule has 1 heterocycles. The van der Waals surface area contributed by atoms with Gasteiger partial charge in [0.25, 0.3) is 0 Å². The van der Waals surface area contributed by atoms with E-state index < -0.39 is 5.97 Å². The molecule has 2 rings (SSSR count). The van der Waals surface area contributed by atoms with Gasteiger partial charge in [0.05, 0.1) is 12.2 Å². The minimum absolute atomic E-state index is 0.0265. The molecule has 0 spiro atoms. The highest BCUT2D eigenvalue weighted by Crippen LogP contribution is 2.43. The number of carbonyl (C=O) groups excluding carboxylic acids is 2. The first-order chi connectivity index (χ1) is 13.7. The fourth-order valence-corrected chi connectivity index (χ4v) is 2.92. The van der Waals surface area contributed by atoms with Crippen LogP contribution in [0.4, 0.5) is 0 Å². The molecule has 0 unspecified atom stereocenters. The summed E-state index contributed by atoms with van der Waals surface area (Å²) in [5, 5.41) is 20.3. The third-order valence-electron chi connectivity index (χ3n) is 4.96. The van der Waals surface area contributed by atoms with Crippen molar-refractivity contribution in [2.45, 2.75) is 53.6 Å². The third-order valence-corrected chi connectivity index (χ3v) is 4.96. The first kappa shape index (κ1) is 22.5. The number of allylic oxidation sites excluding steroid dienone is 3. The third kappa shape index (κ3) is 6.11. The quantitative estimate of drug-likeness (QED) is 0.436. The zero-order valence-electron chi connectivity index (χ0n) is 17.5. The Bertz CT molecular complexity index is 819. The molecule has 0 aromatic heterocycles. The minimum Gasteiger partial charge on any atom is -0.504 e. The molecule has 1 aromatic rings. The van der Waals surface area contributed by atoms with Crippen molar-refractivity contribution in [1.82, 2.24) is 0 Å². The highest BCUT2D eigenvalue weighted by molar-refractivity contribution is 5.95. The van der Waals surface area contributed by atoms with E-state index >= 15 is 0 Å². The Kier molecular flexibility index (Phi) is 7.88. The number of phenolic OH excluding ortho intramolecular Hbond substituents is 2. The number of carbonyl (C=O) groups is 2. The van der Waals surface area contributed by atoms with E-state index in [0.717, 1.165) is 12.0 Å². The van der Waals surface area contributed by atoms with Crippen LogP contribution < -0.4 is 4.74 Å². The Labute approximate surface area is 171 Å². The summed E-state index contributed by atoms with van der Waals surface area (Å²) < 4.78 is 10.4. The predicted octanol–water partition coefficient (Wildman–Crippen LogP) is 4.68. The summed E-state index contributed by atoms with van der Waals surface area (Å²) in [6.45, 7) is 8.14. The zero-order chi connectivity index (χ0) is 21.6. The summed E-state index contributed by atoms with van der Waals surface area (Å²) in [5.74, 6) is -0.430. The van der Waals surface area contributed by atoms with Crippen LogP contribution in [0.2, 0.25) is 0 Å². The van der Waals surface area contributed by atoms with Gasteiger partial charge in [-0.05, 0) is 25.3 Å². The molecule has 1 aliphatic rings. The lowest BCUT2D eigenvalue weighted by Gasteiger charge is -2.12. The summed E-state index contributed by atoms with van der Waals surface area (Å²) in [5.41, 5.74) is 1.58. The average molecular weight is 402 g/mol. The number of phenols is 2. The van der Waals surface area contributed by atoms with E-state index in [1.807, 2.05) is 32.9 Å². The van der Waals surface area contributed by atoms with Gasteiger partial charge < -0.3 is 19.7 Å². The van der Waals surface area contributed by atoms with Gasteiger partial charge in [-0.1, -0.05) is 44.6 Å². The van der Waals surface area contributed by atoms with E-state index in [1.54, 1.807) is 0 Å². The fraction of sp³-hybridized carbons (Fsp3) is 0.478. The molecule has 0 amide bonds. The molecule has 6 nitrogen and oxygen atoms in total. The number of ketones is 1. The van der Waals surface area contributed by atoms with Crippen molar-refractivity contribution in [1.29, 1.82) is 0 Å². The Hall–Kier alpha value is -2.76. The van der Waals surface area contributed by atoms with E-state index in [-0.39, 0.29) is 41.9 Å². The largest absolute Gasteiger partial charge is 0.504 e. The molecular weight excluding hydrogens is 372 g/mol. The Morgan fingerprint density at radius 3 is 2.69 bits per heavy atom. The lowest BCUT2D eigenvalue weighted by molar-refractivity contribution is -0.122. The number of cyclic esters (lactones) is 1. The maximum absolute atomic E-state index is 11.7. The number of ether oxygens (including phenoxy) is 2. The van der Waals surface area contributed by atoms with Crippen LogP contribution in [0.1, 0.15) is 62.9 Å². The average Bonchev–Trinajstić information content (AvgIpc) is 3.03. The van der Waals surface area contributed by atoms with Crippen molar-refractivity contribution in [2.24, 2.45) is 11.8 Å². The van der Waals surface area contributed by atoms with E-state index in [1.165, 1.54) is 6.07 Å². The summed E-state index contributed by atoms with van der Waals surface area (Å²) in [6, 6.07) is 1.26. The summed E-state index contributed by atoms with van der Waals surface area (Å²) in [4.78, 5) is 23.2. The predicted molar refractivity (Wildman–Crippen MR) is 110 cm³/mol. The lowest BCUT2D eigenvalue weighted by atomic mass is 9.98. The number of Topliss-reactive ketones (excluding diaryl/α,β-unsaturated/α-hetero) is 1. The van der Waals surface area contributed by atoms with Crippen LogP contribution in [0.15, 0.2) is 29.9 Å². The highest BCUT2D eigenvalue weighted by atomic mass is 16.5. The lowest BCUT2D eigenvalue weighted by Crippen LogP contribution is -2.07. The van der Waals surface area contributed by atoms with E-state index in [9.17, 15) is 19.8 Å². The van der Waals surface area contributed by atoms with Crippen LogP contribution >= 0.6 is 0 Å². The summed E-state index contributed by atoms with van der Waals surface area (Å²) >= 11 is 0. The molecule has 0 radical (unpaired) electrons. The maximum atomic E-state index is 11.7. The highest BCUT2D eigenvalue weighted by Gasteiger charge is 2.29. The molecule has 1 atom stereocenters. The van der Waals surface area contributed by atoms with Crippen molar-refractivity contribution in [3.05, 3.63) is 41.0 Å². The number of aromatic hydroxyl groups is 2. The van der Waals surface area contributed by atoms with Crippen LogP contribution in [-0.2, 0) is 16.1 Å². The SMILES string of the molecule is C/C(=C\C=C\[C@@H](C)CCC(=O)C(C)C)CCOc1c(O)cc2c(c1O)COC2=O. The summed E-state index contributed by atoms with van der Waals surface area (Å²) in [7, 11) is 0. The molecule has 1 aromatic carbocycles. The molecule has 0 bridgehead atoms. The monoisotopic (exact) mass is 402 g/mol. The smallest absolute Gasteiger partial charge is 0.339 e. The van der Waals surface area contributed by atoms with Crippen molar-refractivity contribution in [3.8, 4) is 17.2 Å². The second-order valence-corrected chi connectivity index (χ2v) is 7.81. The molecule has 0 saturated carbocycles. The Morgan fingerprint density at radius 2 is 2.00 bits per heavy atom. The Morgan fingerprint density at radius 1 is 1.28 bits per heavy atom. The van der Waals surface area contributed by atoms with Gasteiger partial charge in [-0.3, -0.25) is 4.79 Å². The number of hydrogen-bond acceptors (Lipinski definition) is 6. The van der Waals surface area contributed by atoms with Gasteiger partial charge in [-0.15, -0.1) is 0 Å². The van der Waals surface area contributed by atoms with E-state index in [2.05, 4.69) is 13.0 Å². The van der Waals surface area contributed by atoms with Crippen LogP contribution in [0, 0.1) is 11.8 Å². The van der Waals surface area contributed by atoms with Crippen molar-refractivity contribution < 1.29 is 29.3 Å². The van der Waals surface area contributed by atoms with Gasteiger partial charge in [0, 0.05) is 24.3 Å². The molecule has 0 aliphatic carbocycles. The second-order valence-electron chi connectivity index (χ2n) is 7.81. The first-order valence-electron chi connectivity index (χ1n) is 9.95. The summed E-state index contributed by atoms with van der Waals surface area (Å²) in [6.07, 6.45) is 8.09. The topological polar surface area (TPSA) is 93.1 Å². The van der Waals surface area contributed by atoms with Gasteiger partial charge in [-0.25, -0.2) is 4.79 Å². The van der Waals surface area contributed by atoms with Crippen molar-refractivity contribution >= 4 is 11.8 Å². The molecule has 6 heteroatoms. The number of rotatable bonds is 10. The van der Waals surface area contributed by atoms with Gasteiger partial charge >= 0.3 is 5.97 Å². The van der Waals surface area contributed by atoms with E-state index in [0.29, 0.717) is 30.1 Å². The van der Waals surface area contributed by atoms with Gasteiger partial charge in [0.2, 0.25) is 5.75 Å². The number of benzene rings is 1. The molecule has 29 heavy (non-hydrogen) atoms. The number of esters is 1. The minimum atomic E-state index is -0.564. The molecule has 1 aliphatic heterocycles.